The van der Waals surface area contributed by atoms with Crippen LogP contribution in [0.15, 0.2) is 63.9 Å². The fourth-order valence-corrected chi connectivity index (χ4v) is 4.30. The molecule has 5 rings (SSSR count). The number of ether oxygens (including phenoxy) is 1. The van der Waals surface area contributed by atoms with Gasteiger partial charge in [0.05, 0.1) is 23.6 Å². The van der Waals surface area contributed by atoms with E-state index in [4.69, 9.17) is 9.15 Å². The molecule has 0 radical (unpaired) electrons. The van der Waals surface area contributed by atoms with E-state index >= 15 is 0 Å². The standard InChI is InChI=1S/C27H24N2O4/c1-5-32-19-9-7-18(8-10-19)24-23-25(30)20-12-16(3)17(4)13-21(20)33-26(23)27(31)29(24)22-11-6-15(2)14-28-22/h6-14,24H,5H2,1-4H3/t24-/m1/s1. The molecule has 0 unspecified atom stereocenters. The number of aromatic nitrogens is 1. The molecule has 0 saturated carbocycles. The number of fused-ring (bicyclic) bond motifs is 2. The second-order valence-electron chi connectivity index (χ2n) is 8.38. The minimum atomic E-state index is -0.652. The van der Waals surface area contributed by atoms with Crippen LogP contribution in [-0.4, -0.2) is 17.5 Å². The Labute approximate surface area is 191 Å². The molecule has 33 heavy (non-hydrogen) atoms. The predicted octanol–water partition coefficient (Wildman–Crippen LogP) is 5.26. The molecule has 0 aliphatic carbocycles. The Morgan fingerprint density at radius 2 is 1.73 bits per heavy atom. The van der Waals surface area contributed by atoms with Gasteiger partial charge in [-0.25, -0.2) is 4.98 Å². The third-order valence-corrected chi connectivity index (χ3v) is 6.14. The van der Waals surface area contributed by atoms with Crippen molar-refractivity contribution in [2.45, 2.75) is 33.7 Å². The van der Waals surface area contributed by atoms with E-state index in [0.717, 1.165) is 28.0 Å². The summed E-state index contributed by atoms with van der Waals surface area (Å²) in [7, 11) is 0. The first-order chi connectivity index (χ1) is 15.9. The van der Waals surface area contributed by atoms with E-state index < -0.39 is 6.04 Å². The number of amides is 1. The molecule has 1 amide bonds. The number of hydrogen-bond donors (Lipinski definition) is 0. The minimum Gasteiger partial charge on any atom is -0.494 e. The first-order valence-electron chi connectivity index (χ1n) is 11.0. The first kappa shape index (κ1) is 20.9. The summed E-state index contributed by atoms with van der Waals surface area (Å²) in [6.07, 6.45) is 1.71. The van der Waals surface area contributed by atoms with Crippen molar-refractivity contribution in [1.29, 1.82) is 0 Å². The van der Waals surface area contributed by atoms with Crippen LogP contribution < -0.4 is 15.1 Å². The lowest BCUT2D eigenvalue weighted by Gasteiger charge is -2.24. The summed E-state index contributed by atoms with van der Waals surface area (Å²) in [6.45, 7) is 8.32. The number of aryl methyl sites for hydroxylation is 3. The summed E-state index contributed by atoms with van der Waals surface area (Å²) in [6, 6.07) is 14.1. The number of carbonyl (C=O) groups excluding carboxylic acids is 1. The van der Waals surface area contributed by atoms with Crippen LogP contribution in [0.4, 0.5) is 5.82 Å². The number of nitrogens with zero attached hydrogens (tertiary/aromatic N) is 2. The van der Waals surface area contributed by atoms with Crippen LogP contribution in [-0.2, 0) is 0 Å². The van der Waals surface area contributed by atoms with Crippen LogP contribution >= 0.6 is 0 Å². The van der Waals surface area contributed by atoms with Crippen LogP contribution in [0.3, 0.4) is 0 Å². The second kappa shape index (κ2) is 7.89. The van der Waals surface area contributed by atoms with E-state index in [-0.39, 0.29) is 17.1 Å². The number of benzene rings is 2. The van der Waals surface area contributed by atoms with Crippen molar-refractivity contribution in [3.8, 4) is 5.75 Å². The highest BCUT2D eigenvalue weighted by Gasteiger charge is 2.44. The van der Waals surface area contributed by atoms with E-state index in [1.54, 1.807) is 17.2 Å². The van der Waals surface area contributed by atoms with Crippen molar-refractivity contribution in [3.63, 3.8) is 0 Å². The molecule has 0 bridgehead atoms. The van der Waals surface area contributed by atoms with Gasteiger partial charge in [0.25, 0.3) is 5.91 Å². The third-order valence-electron chi connectivity index (χ3n) is 6.14. The van der Waals surface area contributed by atoms with Crippen LogP contribution in [0.5, 0.6) is 5.75 Å². The molecule has 0 spiro atoms. The number of anilines is 1. The molecule has 2 aromatic carbocycles. The van der Waals surface area contributed by atoms with Crippen LogP contribution in [0.2, 0.25) is 0 Å². The topological polar surface area (TPSA) is 72.6 Å². The number of rotatable bonds is 4. The van der Waals surface area contributed by atoms with Crippen LogP contribution in [0.1, 0.15) is 51.3 Å². The molecule has 0 fully saturated rings. The molecule has 1 aliphatic rings. The van der Waals surface area contributed by atoms with Crippen LogP contribution in [0, 0.1) is 20.8 Å². The summed E-state index contributed by atoms with van der Waals surface area (Å²) in [5, 5.41) is 0.472. The van der Waals surface area contributed by atoms with Crippen LogP contribution in [0.25, 0.3) is 11.0 Å². The van der Waals surface area contributed by atoms with Gasteiger partial charge in [0.2, 0.25) is 5.76 Å². The largest absolute Gasteiger partial charge is 0.494 e. The average Bonchev–Trinajstić information content (AvgIpc) is 3.09. The Morgan fingerprint density at radius 3 is 2.39 bits per heavy atom. The van der Waals surface area contributed by atoms with Gasteiger partial charge in [0.1, 0.15) is 17.2 Å². The Hall–Kier alpha value is -3.93. The van der Waals surface area contributed by atoms with Gasteiger partial charge in [0.15, 0.2) is 5.43 Å². The molecule has 4 aromatic rings. The van der Waals surface area contributed by atoms with Gasteiger partial charge < -0.3 is 9.15 Å². The SMILES string of the molecule is CCOc1ccc([C@@H]2c3c(oc4cc(C)c(C)cc4c3=O)C(=O)N2c2ccc(C)cn2)cc1. The minimum absolute atomic E-state index is 0.0667. The van der Waals surface area contributed by atoms with Crippen molar-refractivity contribution in [1.82, 2.24) is 4.98 Å². The average molecular weight is 440 g/mol. The van der Waals surface area contributed by atoms with E-state index in [0.29, 0.717) is 29.0 Å². The monoisotopic (exact) mass is 440 g/mol. The Balaban J connectivity index is 1.77. The lowest BCUT2D eigenvalue weighted by atomic mass is 9.97. The van der Waals surface area contributed by atoms with E-state index in [2.05, 4.69) is 4.98 Å². The van der Waals surface area contributed by atoms with E-state index in [1.807, 2.05) is 70.2 Å². The third kappa shape index (κ3) is 3.39. The van der Waals surface area contributed by atoms with Crippen molar-refractivity contribution in [2.75, 3.05) is 11.5 Å². The maximum absolute atomic E-state index is 13.7. The Kier molecular flexibility index (Phi) is 5.01. The van der Waals surface area contributed by atoms with Crippen molar-refractivity contribution >= 4 is 22.7 Å². The molecule has 3 heterocycles. The molecule has 166 valence electrons. The zero-order valence-electron chi connectivity index (χ0n) is 19.0. The molecule has 6 nitrogen and oxygen atoms in total. The van der Waals surface area contributed by atoms with E-state index in [1.165, 1.54) is 0 Å². The zero-order chi connectivity index (χ0) is 23.3. The quantitative estimate of drug-likeness (QED) is 0.433. The first-order valence-corrected chi connectivity index (χ1v) is 11.0. The summed E-state index contributed by atoms with van der Waals surface area (Å²) in [5.74, 6) is 0.878. The molecular weight excluding hydrogens is 416 g/mol. The highest BCUT2D eigenvalue weighted by atomic mass is 16.5. The van der Waals surface area contributed by atoms with Gasteiger partial charge in [-0.05, 0) is 80.3 Å². The predicted molar refractivity (Wildman–Crippen MR) is 127 cm³/mol. The highest BCUT2D eigenvalue weighted by Crippen LogP contribution is 2.41. The van der Waals surface area contributed by atoms with Gasteiger partial charge in [-0.15, -0.1) is 0 Å². The highest BCUT2D eigenvalue weighted by molar-refractivity contribution is 6.10. The fraction of sp³-hybridized carbons (Fsp3) is 0.222. The van der Waals surface area contributed by atoms with Gasteiger partial charge >= 0.3 is 0 Å². The number of pyridine rings is 1. The summed E-state index contributed by atoms with van der Waals surface area (Å²) in [5.41, 5.74) is 4.30. The van der Waals surface area contributed by atoms with Crippen molar-refractivity contribution < 1.29 is 13.9 Å². The maximum Gasteiger partial charge on any atom is 0.296 e. The molecule has 6 heteroatoms. The Morgan fingerprint density at radius 1 is 1.00 bits per heavy atom. The Bertz CT molecular complexity index is 1440. The molecule has 0 N–H and O–H groups in total. The summed E-state index contributed by atoms with van der Waals surface area (Å²) < 4.78 is 11.7. The van der Waals surface area contributed by atoms with Gasteiger partial charge in [-0.2, -0.15) is 0 Å². The number of carbonyl (C=O) groups is 1. The lowest BCUT2D eigenvalue weighted by Crippen LogP contribution is -2.30. The molecular formula is C27H24N2O4. The van der Waals surface area contributed by atoms with Crippen molar-refractivity contribution in [2.24, 2.45) is 0 Å². The maximum atomic E-state index is 13.7. The summed E-state index contributed by atoms with van der Waals surface area (Å²) in [4.78, 5) is 33.4. The van der Waals surface area contributed by atoms with Crippen molar-refractivity contribution in [3.05, 3.63) is 98.5 Å². The summed E-state index contributed by atoms with van der Waals surface area (Å²) >= 11 is 0. The van der Waals surface area contributed by atoms with E-state index in [9.17, 15) is 9.59 Å². The van der Waals surface area contributed by atoms with Gasteiger partial charge in [-0.1, -0.05) is 18.2 Å². The lowest BCUT2D eigenvalue weighted by molar-refractivity contribution is 0.0970. The van der Waals surface area contributed by atoms with Gasteiger partial charge in [-0.3, -0.25) is 14.5 Å². The molecule has 0 saturated heterocycles. The fourth-order valence-electron chi connectivity index (χ4n) is 4.30. The zero-order valence-corrected chi connectivity index (χ0v) is 19.0. The van der Waals surface area contributed by atoms with Gasteiger partial charge in [0, 0.05) is 6.20 Å². The molecule has 1 atom stereocenters. The number of hydrogen-bond acceptors (Lipinski definition) is 5. The molecule has 2 aromatic heterocycles. The normalized spacial score (nSPS) is 15.2. The smallest absolute Gasteiger partial charge is 0.296 e. The second-order valence-corrected chi connectivity index (χ2v) is 8.38. The molecule has 1 aliphatic heterocycles.